The number of carbonyl (C=O) groups excluding carboxylic acids is 1. The molecule has 5 rings (SSSR count). The van der Waals surface area contributed by atoms with Crippen LogP contribution in [0.15, 0.2) is 91.3 Å². The Bertz CT molecular complexity index is 1920. The summed E-state index contributed by atoms with van der Waals surface area (Å²) in [7, 11) is 2.98. The summed E-state index contributed by atoms with van der Waals surface area (Å²) >= 11 is -2.91. The molecule has 1 N–H and O–H groups in total. The summed E-state index contributed by atoms with van der Waals surface area (Å²) in [5.41, 5.74) is 1.58. The van der Waals surface area contributed by atoms with Crippen LogP contribution in [-0.2, 0) is 21.5 Å². The molecule has 0 radical (unpaired) electrons. The zero-order valence-corrected chi connectivity index (χ0v) is 28.4. The Morgan fingerprint density at radius 3 is 2.10 bits per heavy atom. The minimum absolute atomic E-state index is 0.0433. The van der Waals surface area contributed by atoms with E-state index in [-0.39, 0.29) is 64.9 Å². The maximum Gasteiger partial charge on any atom is 0.263 e. The van der Waals surface area contributed by atoms with Crippen LogP contribution in [0.2, 0.25) is 0 Å². The lowest BCUT2D eigenvalue weighted by atomic mass is 9.87. The summed E-state index contributed by atoms with van der Waals surface area (Å²) < 4.78 is 50.3. The lowest BCUT2D eigenvalue weighted by molar-refractivity contribution is -0.116. The molecule has 13 nitrogen and oxygen atoms in total. The second-order valence-electron chi connectivity index (χ2n) is 11.5. The van der Waals surface area contributed by atoms with E-state index in [4.69, 9.17) is 18.9 Å². The van der Waals surface area contributed by atoms with E-state index in [0.29, 0.717) is 17.2 Å². The highest BCUT2D eigenvalue weighted by atomic mass is 32.2. The maximum absolute atomic E-state index is 13.0. The second kappa shape index (κ2) is 15.5. The lowest BCUT2D eigenvalue weighted by Gasteiger charge is -2.29. The van der Waals surface area contributed by atoms with Gasteiger partial charge in [0, 0.05) is 12.4 Å². The summed E-state index contributed by atoms with van der Waals surface area (Å²) in [5, 5.41) is 2.80. The number of rotatable bonds is 13. The zero-order chi connectivity index (χ0) is 35.0. The van der Waals surface area contributed by atoms with Gasteiger partial charge in [-0.2, -0.15) is 4.98 Å². The predicted molar refractivity (Wildman–Crippen MR) is 184 cm³/mol. The van der Waals surface area contributed by atoms with Crippen molar-refractivity contribution in [1.82, 2.24) is 19.9 Å². The molecule has 14 heteroatoms. The Kier molecular flexibility index (Phi) is 11.0. The van der Waals surface area contributed by atoms with Gasteiger partial charge >= 0.3 is 0 Å². The molecule has 0 saturated heterocycles. The summed E-state index contributed by atoms with van der Waals surface area (Å²) in [4.78, 5) is 30.6. The number of amides is 1. The van der Waals surface area contributed by atoms with Gasteiger partial charge in [0.15, 0.2) is 23.1 Å². The smallest absolute Gasteiger partial charge is 0.263 e. The number of nitrogens with one attached hydrogen (secondary N) is 1. The van der Waals surface area contributed by atoms with Gasteiger partial charge in [-0.3, -0.25) is 13.3 Å². The highest BCUT2D eigenvalue weighted by Gasteiger charge is 2.28. The van der Waals surface area contributed by atoms with Crippen LogP contribution in [0.3, 0.4) is 0 Å². The van der Waals surface area contributed by atoms with Crippen LogP contribution in [0.1, 0.15) is 32.8 Å². The summed E-state index contributed by atoms with van der Waals surface area (Å²) in [6, 6.07) is 22.5. The molecule has 1 amide bonds. The topological polar surface area (TPSA) is 161 Å². The quantitative estimate of drug-likeness (QED) is 0.137. The molecule has 0 aliphatic carbocycles. The van der Waals surface area contributed by atoms with Crippen LogP contribution >= 0.6 is 0 Å². The Hall–Kier alpha value is -5.60. The number of benzene rings is 3. The van der Waals surface area contributed by atoms with Crippen LogP contribution in [-0.4, -0.2) is 55.4 Å². The van der Waals surface area contributed by atoms with Gasteiger partial charge in [-0.05, 0) is 53.4 Å². The van der Waals surface area contributed by atoms with Gasteiger partial charge in [-0.15, -0.1) is 0 Å². The van der Waals surface area contributed by atoms with Crippen LogP contribution in [0.25, 0.3) is 11.6 Å². The maximum atomic E-state index is 13.0. The van der Waals surface area contributed by atoms with Crippen molar-refractivity contribution < 1.29 is 32.5 Å². The number of nitrogens with zero attached hydrogens (tertiary/aromatic N) is 5. The van der Waals surface area contributed by atoms with Gasteiger partial charge in [0.05, 0.1) is 49.9 Å². The van der Waals surface area contributed by atoms with E-state index in [1.807, 2.05) is 12.1 Å². The number of anilines is 3. The van der Waals surface area contributed by atoms with Crippen molar-refractivity contribution in [3.63, 3.8) is 0 Å². The molecular weight excluding hydrogens is 648 g/mol. The zero-order valence-electron chi connectivity index (χ0n) is 27.6. The first kappa shape index (κ1) is 34.7. The number of carbonyl (C=O) groups is 1. The van der Waals surface area contributed by atoms with Crippen molar-refractivity contribution in [2.24, 2.45) is 0 Å². The number of methoxy groups -OCH3 is 2. The number of hydrogen-bond acceptors (Lipinski definition) is 11. The second-order valence-corrected chi connectivity index (χ2v) is 12.3. The normalized spacial score (nSPS) is 11.7. The standard InChI is InChI=1S/C35H36N6O7S/c1-35(2,3)23-15-17-24(18-16-23)41(49(43)44)33-30(48-28-14-9-8-13-27(28)46-5)34(40-32(39-33)31-36-20-10-21-37-31)47-22-19-29(42)38-25-11-6-7-12-26(25)45-4/h6-18,20-21H,19,22H2,1-5H3,(H,38,42)(H,43,44)/p-1. The van der Waals surface area contributed by atoms with Gasteiger partial charge in [-0.25, -0.2) is 15.0 Å². The first-order valence-electron chi connectivity index (χ1n) is 15.1. The minimum atomic E-state index is -2.91. The third-order valence-corrected chi connectivity index (χ3v) is 7.80. The van der Waals surface area contributed by atoms with Gasteiger partial charge in [0.1, 0.15) is 5.75 Å². The molecule has 1 unspecified atom stereocenters. The molecule has 5 aromatic rings. The van der Waals surface area contributed by atoms with E-state index >= 15 is 0 Å². The molecular formula is C35H35N6O7S-. The Morgan fingerprint density at radius 2 is 1.47 bits per heavy atom. The summed E-state index contributed by atoms with van der Waals surface area (Å²) in [6.07, 6.45) is 2.90. The molecule has 0 aliphatic heterocycles. The van der Waals surface area contributed by atoms with Crippen LogP contribution in [0.4, 0.5) is 17.2 Å². The van der Waals surface area contributed by atoms with Gasteiger partial charge in [0.25, 0.3) is 5.88 Å². The molecule has 0 saturated carbocycles. The van der Waals surface area contributed by atoms with E-state index < -0.39 is 11.3 Å². The third kappa shape index (κ3) is 8.47. The van der Waals surface area contributed by atoms with Crippen LogP contribution < -0.4 is 28.6 Å². The fraction of sp³-hybridized carbons (Fsp3) is 0.229. The number of hydrogen-bond donors (Lipinski definition) is 1. The molecule has 0 spiro atoms. The lowest BCUT2D eigenvalue weighted by Crippen LogP contribution is -2.23. The minimum Gasteiger partial charge on any atom is -0.755 e. The Labute approximate surface area is 286 Å². The molecule has 1 atom stereocenters. The number of para-hydroxylation sites is 4. The molecule has 254 valence electrons. The number of aromatic nitrogens is 4. The van der Waals surface area contributed by atoms with E-state index in [2.05, 4.69) is 46.0 Å². The van der Waals surface area contributed by atoms with Gasteiger partial charge in [0.2, 0.25) is 17.5 Å². The van der Waals surface area contributed by atoms with Crippen molar-refractivity contribution in [3.05, 3.63) is 96.8 Å². The molecule has 0 aliphatic rings. The van der Waals surface area contributed by atoms with E-state index in [1.165, 1.54) is 26.6 Å². The molecule has 2 heterocycles. The monoisotopic (exact) mass is 683 g/mol. The average molecular weight is 684 g/mol. The SMILES string of the molecule is COc1ccccc1NC(=O)CCOc1nc(-c2ncccn2)nc(N(c2ccc(C(C)(C)C)cc2)S(=O)[O-])c1Oc1ccccc1OC. The molecule has 3 aromatic carbocycles. The first-order valence-corrected chi connectivity index (χ1v) is 16.2. The molecule has 0 fully saturated rings. The largest absolute Gasteiger partial charge is 0.755 e. The number of ether oxygens (including phenoxy) is 4. The van der Waals surface area contributed by atoms with Crippen LogP contribution in [0.5, 0.6) is 28.9 Å². The van der Waals surface area contributed by atoms with Crippen molar-refractivity contribution in [2.75, 3.05) is 30.4 Å². The van der Waals surface area contributed by atoms with Gasteiger partial charge in [-0.1, -0.05) is 57.2 Å². The van der Waals surface area contributed by atoms with Crippen molar-refractivity contribution in [3.8, 4) is 40.5 Å². The molecule has 2 aromatic heterocycles. The summed E-state index contributed by atoms with van der Waals surface area (Å²) in [5.74, 6) is 0.284. The average Bonchev–Trinajstić information content (AvgIpc) is 3.10. The summed E-state index contributed by atoms with van der Waals surface area (Å²) in [6.45, 7) is 6.00. The first-order chi connectivity index (χ1) is 23.6. The third-order valence-electron chi connectivity index (χ3n) is 7.12. The van der Waals surface area contributed by atoms with Gasteiger partial charge < -0.3 is 28.8 Å². The fourth-order valence-electron chi connectivity index (χ4n) is 4.65. The van der Waals surface area contributed by atoms with E-state index in [0.717, 1.165) is 9.87 Å². The van der Waals surface area contributed by atoms with E-state index in [9.17, 15) is 13.6 Å². The van der Waals surface area contributed by atoms with Crippen molar-refractivity contribution >= 4 is 34.4 Å². The van der Waals surface area contributed by atoms with E-state index in [1.54, 1.807) is 66.7 Å². The van der Waals surface area contributed by atoms with Crippen molar-refractivity contribution in [1.29, 1.82) is 0 Å². The predicted octanol–water partition coefficient (Wildman–Crippen LogP) is 6.38. The highest BCUT2D eigenvalue weighted by Crippen LogP contribution is 2.44. The fourth-order valence-corrected chi connectivity index (χ4v) is 5.21. The Balaban J connectivity index is 1.60. The molecule has 49 heavy (non-hydrogen) atoms. The highest BCUT2D eigenvalue weighted by molar-refractivity contribution is 7.81. The van der Waals surface area contributed by atoms with Crippen LogP contribution in [0, 0.1) is 0 Å². The molecule has 0 bridgehead atoms. The Morgan fingerprint density at radius 1 is 0.837 bits per heavy atom. The van der Waals surface area contributed by atoms with Crippen molar-refractivity contribution in [2.45, 2.75) is 32.6 Å².